The fourth-order valence-corrected chi connectivity index (χ4v) is 4.00. The van der Waals surface area contributed by atoms with Gasteiger partial charge in [-0.25, -0.2) is 4.63 Å². The molecular weight excluding hydrogens is 566 g/mol. The molecule has 3 N–H and O–H groups in total. The quantitative estimate of drug-likeness (QED) is 0.275. The number of hydrogen-bond acceptors (Lipinski definition) is 9. The maximum atomic E-state index is 10.1. The highest BCUT2D eigenvalue weighted by Crippen LogP contribution is 2.25. The lowest BCUT2D eigenvalue weighted by atomic mass is 10.2. The average Bonchev–Trinajstić information content (AvgIpc) is 3.17. The summed E-state index contributed by atoms with van der Waals surface area (Å²) in [5, 5.41) is 33.5. The Morgan fingerprint density at radius 3 is 2.81 bits per heavy atom. The van der Waals surface area contributed by atoms with E-state index in [0.717, 1.165) is 7.14 Å². The molecule has 0 aliphatic carbocycles. The molecule has 1 aromatic carbocycles. The minimum Gasteiger partial charge on any atom is -0.506 e. The lowest BCUT2D eigenvalue weighted by Gasteiger charge is -2.02. The van der Waals surface area contributed by atoms with Gasteiger partial charge in [0.2, 0.25) is 11.6 Å². The van der Waals surface area contributed by atoms with Gasteiger partial charge < -0.3 is 10.8 Å². The van der Waals surface area contributed by atoms with Gasteiger partial charge in [0.05, 0.1) is 21.2 Å². The van der Waals surface area contributed by atoms with Crippen LogP contribution in [0.25, 0.3) is 5.82 Å². The zero-order valence-corrected chi connectivity index (χ0v) is 17.9. The molecule has 2 heterocycles. The SMILES string of the molecule is C/C(=N/N=C/c1cc(I)cc(I)c1O)c1nnn(-c2nonc2N)c1C. The molecule has 26 heavy (non-hydrogen) atoms. The second kappa shape index (κ2) is 7.65. The molecule has 134 valence electrons. The Morgan fingerprint density at radius 2 is 2.12 bits per heavy atom. The number of phenolic OH excluding ortho intramolecular Hbond substituents is 1. The summed E-state index contributed by atoms with van der Waals surface area (Å²) in [5.74, 6) is 0.538. The minimum absolute atomic E-state index is 0.112. The molecular formula is C14H12I2N8O2. The smallest absolute Gasteiger partial charge is 0.243 e. The molecule has 0 atom stereocenters. The van der Waals surface area contributed by atoms with Gasteiger partial charge in [-0.1, -0.05) is 5.21 Å². The molecule has 0 bridgehead atoms. The fraction of sp³-hybridized carbons (Fsp3) is 0.143. The monoisotopic (exact) mass is 578 g/mol. The van der Waals surface area contributed by atoms with E-state index in [1.165, 1.54) is 10.9 Å². The van der Waals surface area contributed by atoms with E-state index in [2.05, 4.69) is 80.6 Å². The van der Waals surface area contributed by atoms with Crippen molar-refractivity contribution in [3.05, 3.63) is 36.2 Å². The van der Waals surface area contributed by atoms with Crippen LogP contribution in [0, 0.1) is 14.1 Å². The number of nitrogens with two attached hydrogens (primary N) is 1. The number of rotatable bonds is 4. The molecule has 10 nitrogen and oxygen atoms in total. The highest BCUT2D eigenvalue weighted by atomic mass is 127. The van der Waals surface area contributed by atoms with Crippen LogP contribution in [0.3, 0.4) is 0 Å². The van der Waals surface area contributed by atoms with Crippen molar-refractivity contribution in [2.45, 2.75) is 13.8 Å². The molecule has 0 amide bonds. The van der Waals surface area contributed by atoms with E-state index in [0.29, 0.717) is 22.7 Å². The lowest BCUT2D eigenvalue weighted by Crippen LogP contribution is -2.04. The Hall–Kier alpha value is -2.10. The van der Waals surface area contributed by atoms with Crippen LogP contribution in [0.4, 0.5) is 5.82 Å². The van der Waals surface area contributed by atoms with Crippen LogP contribution >= 0.6 is 45.2 Å². The van der Waals surface area contributed by atoms with Crippen LogP contribution in [0.15, 0.2) is 27.0 Å². The number of nitrogen functional groups attached to an aromatic ring is 1. The van der Waals surface area contributed by atoms with Crippen molar-refractivity contribution in [1.82, 2.24) is 25.3 Å². The van der Waals surface area contributed by atoms with E-state index in [-0.39, 0.29) is 17.4 Å². The summed E-state index contributed by atoms with van der Waals surface area (Å²) in [4.78, 5) is 0. The maximum Gasteiger partial charge on any atom is 0.243 e. The number of benzene rings is 1. The zero-order chi connectivity index (χ0) is 18.8. The third kappa shape index (κ3) is 3.69. The largest absolute Gasteiger partial charge is 0.506 e. The number of hydrogen-bond donors (Lipinski definition) is 2. The third-order valence-electron chi connectivity index (χ3n) is 3.40. The first-order valence-corrected chi connectivity index (χ1v) is 9.31. The van der Waals surface area contributed by atoms with E-state index < -0.39 is 0 Å². The van der Waals surface area contributed by atoms with Crippen molar-refractivity contribution in [2.24, 2.45) is 10.2 Å². The Kier molecular flexibility index (Phi) is 5.49. The predicted octanol–water partition coefficient (Wildman–Crippen LogP) is 2.30. The van der Waals surface area contributed by atoms with Crippen molar-refractivity contribution in [3.8, 4) is 11.6 Å². The van der Waals surface area contributed by atoms with Gasteiger partial charge in [0.25, 0.3) is 0 Å². The lowest BCUT2D eigenvalue weighted by molar-refractivity contribution is 0.306. The van der Waals surface area contributed by atoms with Crippen LogP contribution in [0.1, 0.15) is 23.9 Å². The molecule has 0 radical (unpaired) electrons. The number of halogens is 2. The Bertz CT molecular complexity index is 1020. The van der Waals surface area contributed by atoms with Gasteiger partial charge in [-0.3, -0.25) is 0 Å². The van der Waals surface area contributed by atoms with E-state index in [4.69, 9.17) is 5.73 Å². The summed E-state index contributed by atoms with van der Waals surface area (Å²) in [6.07, 6.45) is 1.49. The first kappa shape index (κ1) is 18.7. The molecule has 0 saturated heterocycles. The van der Waals surface area contributed by atoms with Gasteiger partial charge >= 0.3 is 0 Å². The van der Waals surface area contributed by atoms with E-state index in [1.54, 1.807) is 13.8 Å². The first-order chi connectivity index (χ1) is 12.4. The summed E-state index contributed by atoms with van der Waals surface area (Å²) in [6, 6.07) is 3.68. The number of aromatic hydroxyl groups is 1. The van der Waals surface area contributed by atoms with E-state index in [1.807, 2.05) is 12.1 Å². The molecule has 0 fully saturated rings. The molecule has 0 aliphatic rings. The maximum absolute atomic E-state index is 10.1. The Morgan fingerprint density at radius 1 is 1.35 bits per heavy atom. The normalized spacial score (nSPS) is 12.2. The summed E-state index contributed by atoms with van der Waals surface area (Å²) in [7, 11) is 0. The number of nitrogens with zero attached hydrogens (tertiary/aromatic N) is 7. The second-order valence-electron chi connectivity index (χ2n) is 5.16. The van der Waals surface area contributed by atoms with Crippen molar-refractivity contribution in [3.63, 3.8) is 0 Å². The summed E-state index contributed by atoms with van der Waals surface area (Å²) >= 11 is 4.24. The standard InChI is InChI=1S/C14H12I2N8O2/c1-6(19-18-5-8-3-9(15)4-10(16)12(8)25)11-7(2)24(23-20-11)14-13(17)21-26-22-14/h3-5,25H,1-2H3,(H2,17,21)/b18-5+,19-6-. The number of anilines is 1. The molecule has 3 aromatic rings. The van der Waals surface area contributed by atoms with Crippen LogP contribution in [-0.4, -0.2) is 42.3 Å². The van der Waals surface area contributed by atoms with Crippen molar-refractivity contribution in [2.75, 3.05) is 5.73 Å². The fourth-order valence-electron chi connectivity index (χ4n) is 2.11. The van der Waals surface area contributed by atoms with Crippen LogP contribution in [-0.2, 0) is 0 Å². The van der Waals surface area contributed by atoms with Gasteiger partial charge in [0.1, 0.15) is 11.4 Å². The molecule has 0 spiro atoms. The van der Waals surface area contributed by atoms with Crippen molar-refractivity contribution in [1.29, 1.82) is 0 Å². The molecule has 0 unspecified atom stereocenters. The molecule has 0 aliphatic heterocycles. The van der Waals surface area contributed by atoms with Crippen LogP contribution in [0.5, 0.6) is 5.75 Å². The van der Waals surface area contributed by atoms with Gasteiger partial charge in [-0.2, -0.15) is 14.9 Å². The van der Waals surface area contributed by atoms with Crippen molar-refractivity contribution >= 4 is 62.9 Å². The van der Waals surface area contributed by atoms with Gasteiger partial charge in [-0.05, 0) is 81.5 Å². The molecule has 3 rings (SSSR count). The third-order valence-corrected chi connectivity index (χ3v) is 4.84. The minimum atomic E-state index is 0.112. The number of aromatic nitrogens is 5. The van der Waals surface area contributed by atoms with E-state index >= 15 is 0 Å². The highest BCUT2D eigenvalue weighted by Gasteiger charge is 2.17. The second-order valence-corrected chi connectivity index (χ2v) is 7.57. The molecule has 0 saturated carbocycles. The first-order valence-electron chi connectivity index (χ1n) is 7.15. The predicted molar refractivity (Wildman–Crippen MR) is 112 cm³/mol. The van der Waals surface area contributed by atoms with Crippen molar-refractivity contribution < 1.29 is 9.74 Å². The Labute approximate surface area is 174 Å². The molecule has 12 heteroatoms. The van der Waals surface area contributed by atoms with Crippen LogP contribution in [0.2, 0.25) is 0 Å². The van der Waals surface area contributed by atoms with Gasteiger partial charge in [-0.15, -0.1) is 5.10 Å². The number of phenols is 1. The van der Waals surface area contributed by atoms with Gasteiger partial charge in [0.15, 0.2) is 0 Å². The average molecular weight is 578 g/mol. The van der Waals surface area contributed by atoms with Gasteiger partial charge in [0, 0.05) is 9.13 Å². The zero-order valence-electron chi connectivity index (χ0n) is 13.6. The van der Waals surface area contributed by atoms with Crippen LogP contribution < -0.4 is 5.73 Å². The summed E-state index contributed by atoms with van der Waals surface area (Å²) in [6.45, 7) is 3.54. The highest BCUT2D eigenvalue weighted by molar-refractivity contribution is 14.1. The van der Waals surface area contributed by atoms with E-state index in [9.17, 15) is 5.11 Å². The summed E-state index contributed by atoms with van der Waals surface area (Å²) < 4.78 is 7.73. The molecule has 2 aromatic heterocycles. The topological polar surface area (TPSA) is 141 Å². The summed E-state index contributed by atoms with van der Waals surface area (Å²) in [5.41, 5.74) is 8.00. The Balaban J connectivity index is 1.87.